The van der Waals surface area contributed by atoms with Crippen LogP contribution >= 0.6 is 11.3 Å². The molecule has 4 aromatic rings. The molecule has 3 heterocycles. The van der Waals surface area contributed by atoms with E-state index in [-0.39, 0.29) is 6.61 Å². The number of thiophene rings is 1. The van der Waals surface area contributed by atoms with Crippen LogP contribution in [0.5, 0.6) is 0 Å². The molecule has 44 heavy (non-hydrogen) atoms. The number of carbonyl (C=O) groups excluding carboxylic acids is 3. The zero-order chi connectivity index (χ0) is 30.5. The van der Waals surface area contributed by atoms with Crippen LogP contribution in [0.2, 0.25) is 0 Å². The molecule has 0 atom stereocenters. The largest absolute Gasteiger partial charge is 0.462 e. The predicted molar refractivity (Wildman–Crippen MR) is 171 cm³/mol. The highest BCUT2D eigenvalue weighted by Crippen LogP contribution is 2.38. The van der Waals surface area contributed by atoms with Crippen LogP contribution in [0, 0.1) is 0 Å². The van der Waals surface area contributed by atoms with Crippen molar-refractivity contribution in [2.45, 2.75) is 65.0 Å². The molecule has 8 nitrogen and oxygen atoms in total. The minimum Gasteiger partial charge on any atom is -0.462 e. The number of esters is 2. The van der Waals surface area contributed by atoms with Gasteiger partial charge in [-0.3, -0.25) is 14.7 Å². The second-order valence-electron chi connectivity index (χ2n) is 11.3. The first-order chi connectivity index (χ1) is 21.5. The molecule has 0 fully saturated rings. The summed E-state index contributed by atoms with van der Waals surface area (Å²) in [7, 11) is 0. The molecule has 6 rings (SSSR count). The first kappa shape index (κ1) is 30.0. The van der Waals surface area contributed by atoms with Gasteiger partial charge in [0, 0.05) is 47.6 Å². The molecule has 0 unspecified atom stereocenters. The van der Waals surface area contributed by atoms with Crippen molar-refractivity contribution in [3.05, 3.63) is 93.0 Å². The van der Waals surface area contributed by atoms with Crippen LogP contribution in [0.4, 0.5) is 5.00 Å². The van der Waals surface area contributed by atoms with Crippen molar-refractivity contribution in [3.8, 4) is 0 Å². The third-order valence-corrected chi connectivity index (χ3v) is 9.52. The Hall–Kier alpha value is -4.08. The fourth-order valence-corrected chi connectivity index (χ4v) is 7.54. The van der Waals surface area contributed by atoms with E-state index in [2.05, 4.69) is 22.3 Å². The molecule has 0 spiro atoms. The monoisotopic (exact) mass is 611 g/mol. The number of nitrogens with zero attached hydrogens (tertiary/aromatic N) is 2. The first-order valence-corrected chi connectivity index (χ1v) is 16.3. The number of carbonyl (C=O) groups is 3. The van der Waals surface area contributed by atoms with Crippen molar-refractivity contribution >= 4 is 45.1 Å². The van der Waals surface area contributed by atoms with E-state index in [1.54, 1.807) is 6.92 Å². The fraction of sp³-hybridized carbons (Fsp3) is 0.371. The molecule has 1 aliphatic heterocycles. The highest BCUT2D eigenvalue weighted by Gasteiger charge is 2.29. The summed E-state index contributed by atoms with van der Waals surface area (Å²) in [6.45, 7) is 3.70. The summed E-state index contributed by atoms with van der Waals surface area (Å²) in [4.78, 5) is 48.2. The van der Waals surface area contributed by atoms with Gasteiger partial charge >= 0.3 is 11.9 Å². The lowest BCUT2D eigenvalue weighted by atomic mass is 9.95. The summed E-state index contributed by atoms with van der Waals surface area (Å²) in [5.74, 6) is -1.47. The Labute approximate surface area is 261 Å². The van der Waals surface area contributed by atoms with E-state index in [9.17, 15) is 14.4 Å². The van der Waals surface area contributed by atoms with Crippen LogP contribution in [-0.2, 0) is 46.6 Å². The second-order valence-corrected chi connectivity index (χ2v) is 12.4. The van der Waals surface area contributed by atoms with Gasteiger partial charge in [0.1, 0.15) is 5.00 Å². The molecule has 9 heteroatoms. The number of nitrogens with one attached hydrogen (secondary N) is 1. The van der Waals surface area contributed by atoms with Gasteiger partial charge < -0.3 is 14.8 Å². The third-order valence-electron chi connectivity index (χ3n) is 8.32. The molecule has 2 aromatic carbocycles. The minimum absolute atomic E-state index is 0.251. The van der Waals surface area contributed by atoms with Gasteiger partial charge in [-0.25, -0.2) is 9.59 Å². The normalized spacial score (nSPS) is 15.0. The zero-order valence-electron chi connectivity index (χ0n) is 25.0. The van der Waals surface area contributed by atoms with E-state index in [1.807, 2.05) is 42.5 Å². The Balaban J connectivity index is 1.22. The third kappa shape index (κ3) is 6.54. The van der Waals surface area contributed by atoms with Gasteiger partial charge in [0.25, 0.3) is 5.91 Å². The van der Waals surface area contributed by atoms with Crippen LogP contribution in [0.3, 0.4) is 0 Å². The number of hydrogen-bond donors (Lipinski definition) is 1. The Kier molecular flexibility index (Phi) is 9.33. The lowest BCUT2D eigenvalue weighted by molar-refractivity contribution is -0.119. The van der Waals surface area contributed by atoms with Gasteiger partial charge in [0.05, 0.1) is 23.3 Å². The van der Waals surface area contributed by atoms with Crippen LogP contribution in [-0.4, -0.2) is 47.5 Å². The quantitative estimate of drug-likeness (QED) is 0.228. The maximum Gasteiger partial charge on any atom is 0.341 e. The average Bonchev–Trinajstić information content (AvgIpc) is 3.34. The van der Waals surface area contributed by atoms with Gasteiger partial charge in [0.15, 0.2) is 6.61 Å². The summed E-state index contributed by atoms with van der Waals surface area (Å²) >= 11 is 1.43. The van der Waals surface area contributed by atoms with Gasteiger partial charge in [-0.2, -0.15) is 0 Å². The number of rotatable bonds is 8. The molecule has 2 aliphatic rings. The van der Waals surface area contributed by atoms with Crippen molar-refractivity contribution in [1.82, 2.24) is 9.88 Å². The van der Waals surface area contributed by atoms with E-state index < -0.39 is 24.5 Å². The molecule has 1 N–H and O–H groups in total. The fourth-order valence-electron chi connectivity index (χ4n) is 6.25. The van der Waals surface area contributed by atoms with E-state index in [4.69, 9.17) is 14.5 Å². The van der Waals surface area contributed by atoms with Crippen LogP contribution < -0.4 is 5.32 Å². The standard InChI is InChI=1S/C35H37N3O5S/c1-2-42-35(41)32-25-15-8-3-4-9-17-29(25)44-33(32)37-30(39)22-43-34(40)31-24-14-10-11-16-27(24)36-28-18-19-38(21-26(28)31)20-23-12-6-5-7-13-23/h5-7,10-14,16H,2-4,8-9,15,17-22H2,1H3,(H,37,39). The molecular weight excluding hydrogens is 574 g/mol. The molecular formula is C35H37N3O5S. The molecule has 0 saturated carbocycles. The maximum absolute atomic E-state index is 13.7. The first-order valence-electron chi connectivity index (χ1n) is 15.5. The lowest BCUT2D eigenvalue weighted by Crippen LogP contribution is -2.32. The highest BCUT2D eigenvalue weighted by molar-refractivity contribution is 7.17. The number of benzene rings is 2. The molecule has 0 radical (unpaired) electrons. The van der Waals surface area contributed by atoms with Gasteiger partial charge in [-0.05, 0) is 49.8 Å². The van der Waals surface area contributed by atoms with Crippen molar-refractivity contribution in [3.63, 3.8) is 0 Å². The number of aryl methyl sites for hydroxylation is 1. The minimum atomic E-state index is -0.555. The SMILES string of the molecule is CCOC(=O)c1c(NC(=O)COC(=O)c2c3c(nc4ccccc24)CCN(Cc2ccccc2)C3)sc2c1CCCCCC2. The Morgan fingerprint density at radius 3 is 2.43 bits per heavy atom. The van der Waals surface area contributed by atoms with Crippen LogP contribution in [0.15, 0.2) is 54.6 Å². The number of pyridine rings is 1. The van der Waals surface area contributed by atoms with Crippen molar-refractivity contribution in [1.29, 1.82) is 0 Å². The van der Waals surface area contributed by atoms with Crippen molar-refractivity contribution in [2.75, 3.05) is 25.1 Å². The number of fused-ring (bicyclic) bond motifs is 3. The number of aromatic nitrogens is 1. The Morgan fingerprint density at radius 2 is 1.61 bits per heavy atom. The zero-order valence-corrected chi connectivity index (χ0v) is 25.8. The Morgan fingerprint density at radius 1 is 0.864 bits per heavy atom. The van der Waals surface area contributed by atoms with Crippen molar-refractivity contribution in [2.24, 2.45) is 0 Å². The van der Waals surface area contributed by atoms with Crippen molar-refractivity contribution < 1.29 is 23.9 Å². The maximum atomic E-state index is 13.7. The van der Waals surface area contributed by atoms with Gasteiger partial charge in [0.2, 0.25) is 0 Å². The molecule has 228 valence electrons. The van der Waals surface area contributed by atoms with Gasteiger partial charge in [-0.1, -0.05) is 61.4 Å². The number of anilines is 1. The smallest absolute Gasteiger partial charge is 0.341 e. The van der Waals surface area contributed by atoms with E-state index in [0.29, 0.717) is 34.5 Å². The summed E-state index contributed by atoms with van der Waals surface area (Å²) in [6.07, 6.45) is 6.69. The molecule has 1 amide bonds. The molecule has 1 aliphatic carbocycles. The molecule has 0 saturated heterocycles. The lowest BCUT2D eigenvalue weighted by Gasteiger charge is -2.30. The second kappa shape index (κ2) is 13.7. The van der Waals surface area contributed by atoms with Gasteiger partial charge in [-0.15, -0.1) is 11.3 Å². The highest BCUT2D eigenvalue weighted by atomic mass is 32.1. The number of amides is 1. The summed E-state index contributed by atoms with van der Waals surface area (Å²) < 4.78 is 11.0. The van der Waals surface area contributed by atoms with Crippen LogP contribution in [0.25, 0.3) is 10.9 Å². The van der Waals surface area contributed by atoms with Crippen LogP contribution in [0.1, 0.15) is 80.6 Å². The van der Waals surface area contributed by atoms with E-state index >= 15 is 0 Å². The number of hydrogen-bond acceptors (Lipinski definition) is 8. The summed E-state index contributed by atoms with van der Waals surface area (Å²) in [5.41, 5.74) is 5.56. The topological polar surface area (TPSA) is 97.8 Å². The molecule has 0 bridgehead atoms. The Bertz CT molecular complexity index is 1680. The number of para-hydroxylation sites is 1. The average molecular weight is 612 g/mol. The number of ether oxygens (including phenoxy) is 2. The molecule has 2 aromatic heterocycles. The summed E-state index contributed by atoms with van der Waals surface area (Å²) in [6, 6.07) is 17.8. The van der Waals surface area contributed by atoms with E-state index in [0.717, 1.165) is 78.8 Å². The van der Waals surface area contributed by atoms with E-state index in [1.165, 1.54) is 16.9 Å². The predicted octanol–water partition coefficient (Wildman–Crippen LogP) is 6.49. The summed E-state index contributed by atoms with van der Waals surface area (Å²) in [5, 5.41) is 4.05.